The summed E-state index contributed by atoms with van der Waals surface area (Å²) in [7, 11) is 1.77. The Morgan fingerprint density at radius 3 is 2.94 bits per heavy atom. The Bertz CT molecular complexity index is 402. The zero-order valence-corrected chi connectivity index (χ0v) is 10.4. The maximum absolute atomic E-state index is 11.4. The summed E-state index contributed by atoms with van der Waals surface area (Å²) < 4.78 is 5.20. The van der Waals surface area contributed by atoms with Gasteiger partial charge in [-0.25, -0.2) is 0 Å². The van der Waals surface area contributed by atoms with Gasteiger partial charge in [-0.2, -0.15) is 4.98 Å². The van der Waals surface area contributed by atoms with Gasteiger partial charge in [0.05, 0.1) is 6.54 Å². The molecular weight excluding hydrogens is 220 g/mol. The van der Waals surface area contributed by atoms with Gasteiger partial charge in [-0.1, -0.05) is 19.0 Å². The predicted molar refractivity (Wildman–Crippen MR) is 61.0 cm³/mol. The van der Waals surface area contributed by atoms with Crippen LogP contribution in [0.5, 0.6) is 0 Å². The van der Waals surface area contributed by atoms with Crippen LogP contribution >= 0.6 is 0 Å². The quantitative estimate of drug-likeness (QED) is 0.842. The zero-order chi connectivity index (χ0) is 12.4. The summed E-state index contributed by atoms with van der Waals surface area (Å²) in [6.45, 7) is 4.71. The summed E-state index contributed by atoms with van der Waals surface area (Å²) in [5.41, 5.74) is 0. The van der Waals surface area contributed by atoms with Gasteiger partial charge in [0.2, 0.25) is 11.8 Å². The fraction of sp³-hybridized carbons (Fsp3) is 0.727. The normalized spacial score (nSPS) is 20.6. The van der Waals surface area contributed by atoms with Crippen LogP contribution in [0.25, 0.3) is 0 Å². The molecule has 1 aliphatic heterocycles. The van der Waals surface area contributed by atoms with Crippen LogP contribution in [0.3, 0.4) is 0 Å². The van der Waals surface area contributed by atoms with Crippen LogP contribution in [0.1, 0.15) is 44.4 Å². The van der Waals surface area contributed by atoms with Crippen molar-refractivity contribution in [3.8, 4) is 0 Å². The lowest BCUT2D eigenvalue weighted by Crippen LogP contribution is -2.23. The topological polar surface area (TPSA) is 71.3 Å². The van der Waals surface area contributed by atoms with Crippen LogP contribution in [0, 0.1) is 0 Å². The summed E-state index contributed by atoms with van der Waals surface area (Å²) in [5.74, 6) is 1.32. The maximum Gasteiger partial charge on any atom is 0.249 e. The standard InChI is InChI=1S/C11H18N4O2/c1-7(2)12-6-9-13-11(17-14-9)8-4-5-10(16)15(8)3/h7-8,12H,4-6H2,1-3H3/t8-/m0/s1. The van der Waals surface area contributed by atoms with Crippen molar-refractivity contribution in [2.24, 2.45) is 0 Å². The minimum atomic E-state index is -0.0530. The molecule has 0 aromatic carbocycles. The van der Waals surface area contributed by atoms with Crippen LogP contribution in [0.15, 0.2) is 4.52 Å². The number of likely N-dealkylation sites (tertiary alicyclic amines) is 1. The average molecular weight is 238 g/mol. The van der Waals surface area contributed by atoms with Crippen LogP contribution in [0.4, 0.5) is 0 Å². The average Bonchev–Trinajstić information content (AvgIpc) is 2.85. The lowest BCUT2D eigenvalue weighted by Gasteiger charge is -2.15. The first-order valence-corrected chi connectivity index (χ1v) is 5.89. The van der Waals surface area contributed by atoms with Crippen LogP contribution < -0.4 is 5.32 Å². The molecule has 0 aliphatic carbocycles. The Balaban J connectivity index is 2.01. The summed E-state index contributed by atoms with van der Waals surface area (Å²) >= 11 is 0. The Kier molecular flexibility index (Phi) is 3.42. The Labute approximate surface area is 100 Å². The van der Waals surface area contributed by atoms with Gasteiger partial charge in [0.1, 0.15) is 6.04 Å². The fourth-order valence-electron chi connectivity index (χ4n) is 1.86. The molecule has 0 radical (unpaired) electrons. The Morgan fingerprint density at radius 2 is 2.35 bits per heavy atom. The van der Waals surface area contributed by atoms with E-state index in [1.165, 1.54) is 0 Å². The SMILES string of the molecule is CC(C)NCc1noc([C@@H]2CCC(=O)N2C)n1. The van der Waals surface area contributed by atoms with Crippen molar-refractivity contribution in [1.29, 1.82) is 0 Å². The van der Waals surface area contributed by atoms with Gasteiger partial charge in [0, 0.05) is 19.5 Å². The number of hydrogen-bond acceptors (Lipinski definition) is 5. The molecule has 1 N–H and O–H groups in total. The smallest absolute Gasteiger partial charge is 0.249 e. The number of carbonyl (C=O) groups excluding carboxylic acids is 1. The van der Waals surface area contributed by atoms with Gasteiger partial charge < -0.3 is 14.7 Å². The van der Waals surface area contributed by atoms with Crippen molar-refractivity contribution in [2.75, 3.05) is 7.05 Å². The van der Waals surface area contributed by atoms with Gasteiger partial charge >= 0.3 is 0 Å². The van der Waals surface area contributed by atoms with E-state index in [4.69, 9.17) is 4.52 Å². The number of aromatic nitrogens is 2. The van der Waals surface area contributed by atoms with E-state index in [-0.39, 0.29) is 11.9 Å². The largest absolute Gasteiger partial charge is 0.337 e. The highest BCUT2D eigenvalue weighted by Gasteiger charge is 2.32. The lowest BCUT2D eigenvalue weighted by atomic mass is 10.2. The van der Waals surface area contributed by atoms with Gasteiger partial charge in [-0.3, -0.25) is 4.79 Å². The van der Waals surface area contributed by atoms with E-state index in [1.54, 1.807) is 11.9 Å². The molecular formula is C11H18N4O2. The second kappa shape index (κ2) is 4.83. The van der Waals surface area contributed by atoms with Crippen molar-refractivity contribution >= 4 is 5.91 Å². The van der Waals surface area contributed by atoms with Gasteiger partial charge in [0.15, 0.2) is 5.82 Å². The van der Waals surface area contributed by atoms with Crippen LogP contribution in [-0.4, -0.2) is 34.0 Å². The van der Waals surface area contributed by atoms with Crippen molar-refractivity contribution < 1.29 is 9.32 Å². The van der Waals surface area contributed by atoms with Crippen molar-refractivity contribution in [2.45, 2.75) is 45.3 Å². The van der Waals surface area contributed by atoms with E-state index in [1.807, 2.05) is 0 Å². The highest BCUT2D eigenvalue weighted by molar-refractivity contribution is 5.78. The molecule has 94 valence electrons. The fourth-order valence-corrected chi connectivity index (χ4v) is 1.86. The minimum absolute atomic E-state index is 0.0530. The maximum atomic E-state index is 11.4. The number of nitrogens with zero attached hydrogens (tertiary/aromatic N) is 3. The van der Waals surface area contributed by atoms with Crippen LogP contribution in [0.2, 0.25) is 0 Å². The highest BCUT2D eigenvalue weighted by Crippen LogP contribution is 2.29. The van der Waals surface area contributed by atoms with E-state index < -0.39 is 0 Å². The Hall–Kier alpha value is -1.43. The van der Waals surface area contributed by atoms with E-state index in [0.717, 1.165) is 6.42 Å². The summed E-state index contributed by atoms with van der Waals surface area (Å²) in [6, 6.07) is 0.329. The van der Waals surface area contributed by atoms with Crippen LogP contribution in [-0.2, 0) is 11.3 Å². The summed E-state index contributed by atoms with van der Waals surface area (Å²) in [4.78, 5) is 17.4. The minimum Gasteiger partial charge on any atom is -0.337 e. The van der Waals surface area contributed by atoms with Gasteiger partial charge in [-0.05, 0) is 6.42 Å². The molecule has 2 heterocycles. The monoisotopic (exact) mass is 238 g/mol. The second-order valence-corrected chi connectivity index (χ2v) is 4.64. The van der Waals surface area contributed by atoms with Gasteiger partial charge in [0.25, 0.3) is 0 Å². The second-order valence-electron chi connectivity index (χ2n) is 4.64. The first-order chi connectivity index (χ1) is 8.08. The molecule has 1 aromatic rings. The molecule has 0 unspecified atom stereocenters. The Morgan fingerprint density at radius 1 is 1.59 bits per heavy atom. The summed E-state index contributed by atoms with van der Waals surface area (Å²) in [6.07, 6.45) is 1.32. The van der Waals surface area contributed by atoms with E-state index in [2.05, 4.69) is 29.3 Å². The third-order valence-corrected chi connectivity index (χ3v) is 2.93. The molecule has 1 amide bonds. The molecule has 1 aromatic heterocycles. The first kappa shape index (κ1) is 12.0. The molecule has 17 heavy (non-hydrogen) atoms. The molecule has 1 aliphatic rings. The molecule has 1 fully saturated rings. The van der Waals surface area contributed by atoms with E-state index >= 15 is 0 Å². The van der Waals surface area contributed by atoms with E-state index in [0.29, 0.717) is 30.7 Å². The lowest BCUT2D eigenvalue weighted by molar-refractivity contribution is -0.127. The molecule has 6 heteroatoms. The first-order valence-electron chi connectivity index (χ1n) is 5.89. The molecule has 1 saturated heterocycles. The molecule has 2 rings (SSSR count). The number of rotatable bonds is 4. The van der Waals surface area contributed by atoms with Crippen molar-refractivity contribution in [3.05, 3.63) is 11.7 Å². The molecule has 0 bridgehead atoms. The number of nitrogens with one attached hydrogen (secondary N) is 1. The number of hydrogen-bond donors (Lipinski definition) is 1. The molecule has 0 spiro atoms. The van der Waals surface area contributed by atoms with E-state index in [9.17, 15) is 4.79 Å². The van der Waals surface area contributed by atoms with Crippen molar-refractivity contribution in [1.82, 2.24) is 20.4 Å². The third-order valence-electron chi connectivity index (χ3n) is 2.93. The number of amides is 1. The highest BCUT2D eigenvalue weighted by atomic mass is 16.5. The molecule has 0 saturated carbocycles. The summed E-state index contributed by atoms with van der Waals surface area (Å²) in [5, 5.41) is 7.13. The van der Waals surface area contributed by atoms with Crippen molar-refractivity contribution in [3.63, 3.8) is 0 Å². The zero-order valence-electron chi connectivity index (χ0n) is 10.4. The third kappa shape index (κ3) is 2.63. The predicted octanol–water partition coefficient (Wildman–Crippen LogP) is 0.861. The van der Waals surface area contributed by atoms with Gasteiger partial charge in [-0.15, -0.1) is 0 Å². The molecule has 6 nitrogen and oxygen atoms in total. The molecule has 1 atom stereocenters. The number of carbonyl (C=O) groups is 1.